The van der Waals surface area contributed by atoms with Crippen molar-refractivity contribution in [3.05, 3.63) is 23.5 Å². The van der Waals surface area contributed by atoms with Crippen molar-refractivity contribution < 1.29 is 19.1 Å². The van der Waals surface area contributed by atoms with Gasteiger partial charge in [0.25, 0.3) is 5.91 Å². The van der Waals surface area contributed by atoms with Gasteiger partial charge in [0.15, 0.2) is 11.4 Å². The van der Waals surface area contributed by atoms with E-state index in [-0.39, 0.29) is 17.9 Å². The highest BCUT2D eigenvalue weighted by Crippen LogP contribution is 2.22. The van der Waals surface area contributed by atoms with Gasteiger partial charge in [-0.2, -0.15) is 0 Å². The van der Waals surface area contributed by atoms with Gasteiger partial charge in [-0.3, -0.25) is 9.59 Å². The van der Waals surface area contributed by atoms with Crippen LogP contribution in [0.5, 0.6) is 5.75 Å². The van der Waals surface area contributed by atoms with Crippen molar-refractivity contribution in [2.75, 3.05) is 13.7 Å². The molecule has 6 heteroatoms. The van der Waals surface area contributed by atoms with Gasteiger partial charge in [-0.1, -0.05) is 0 Å². The van der Waals surface area contributed by atoms with Crippen LogP contribution < -0.4 is 10.5 Å². The monoisotopic (exact) mass is 238 g/mol. The molecule has 17 heavy (non-hydrogen) atoms. The zero-order valence-electron chi connectivity index (χ0n) is 9.73. The number of esters is 1. The highest BCUT2D eigenvalue weighted by atomic mass is 16.5. The summed E-state index contributed by atoms with van der Waals surface area (Å²) in [6.45, 7) is 2.02. The Kier molecular flexibility index (Phi) is 4.45. The van der Waals surface area contributed by atoms with Gasteiger partial charge < -0.3 is 15.2 Å². The second-order valence-electron chi connectivity index (χ2n) is 3.20. The van der Waals surface area contributed by atoms with E-state index >= 15 is 0 Å². The molecule has 6 nitrogen and oxygen atoms in total. The van der Waals surface area contributed by atoms with Gasteiger partial charge in [-0.25, -0.2) is 4.98 Å². The van der Waals surface area contributed by atoms with Gasteiger partial charge in [0.2, 0.25) is 0 Å². The van der Waals surface area contributed by atoms with Crippen molar-refractivity contribution in [1.82, 2.24) is 4.98 Å². The van der Waals surface area contributed by atoms with Crippen molar-refractivity contribution in [3.8, 4) is 5.75 Å². The first-order valence-corrected chi connectivity index (χ1v) is 5.07. The van der Waals surface area contributed by atoms with Crippen molar-refractivity contribution in [2.24, 2.45) is 5.73 Å². The van der Waals surface area contributed by atoms with Gasteiger partial charge in [-0.15, -0.1) is 0 Å². The standard InChI is InChI=1S/C11H14N2O4/c1-3-17-8(14)6-7-4-5-13-9(11(12)15)10(7)16-2/h4-5H,3,6H2,1-2H3,(H2,12,15). The molecule has 0 atom stereocenters. The van der Waals surface area contributed by atoms with Gasteiger partial charge in [0.05, 0.1) is 20.1 Å². The smallest absolute Gasteiger partial charge is 0.310 e. The van der Waals surface area contributed by atoms with Crippen LogP contribution in [-0.4, -0.2) is 30.6 Å². The van der Waals surface area contributed by atoms with Crippen molar-refractivity contribution >= 4 is 11.9 Å². The number of methoxy groups -OCH3 is 1. The van der Waals surface area contributed by atoms with E-state index < -0.39 is 11.9 Å². The van der Waals surface area contributed by atoms with Crippen LogP contribution in [0, 0.1) is 0 Å². The van der Waals surface area contributed by atoms with E-state index in [1.165, 1.54) is 13.3 Å². The molecule has 0 aromatic carbocycles. The zero-order valence-corrected chi connectivity index (χ0v) is 9.73. The number of nitrogens with two attached hydrogens (primary N) is 1. The maximum absolute atomic E-state index is 11.3. The molecule has 0 aliphatic rings. The Morgan fingerprint density at radius 1 is 1.47 bits per heavy atom. The molecule has 1 heterocycles. The molecule has 0 aliphatic carbocycles. The summed E-state index contributed by atoms with van der Waals surface area (Å²) < 4.78 is 9.86. The Labute approximate surface area is 98.7 Å². The number of carbonyl (C=O) groups is 2. The number of rotatable bonds is 5. The highest BCUT2D eigenvalue weighted by Gasteiger charge is 2.17. The molecule has 0 saturated carbocycles. The van der Waals surface area contributed by atoms with Crippen molar-refractivity contribution in [1.29, 1.82) is 0 Å². The molecule has 0 unspecified atom stereocenters. The minimum Gasteiger partial charge on any atom is -0.494 e. The average Bonchev–Trinajstić information content (AvgIpc) is 2.28. The minimum atomic E-state index is -0.701. The molecule has 0 bridgehead atoms. The quantitative estimate of drug-likeness (QED) is 0.744. The lowest BCUT2D eigenvalue weighted by Gasteiger charge is -2.10. The third-order valence-electron chi connectivity index (χ3n) is 2.06. The number of nitrogens with zero attached hydrogens (tertiary/aromatic N) is 1. The summed E-state index contributed by atoms with van der Waals surface area (Å²) in [4.78, 5) is 26.3. The van der Waals surface area contributed by atoms with Crippen LogP contribution in [0.4, 0.5) is 0 Å². The number of hydrogen-bond acceptors (Lipinski definition) is 5. The Morgan fingerprint density at radius 2 is 2.18 bits per heavy atom. The summed E-state index contributed by atoms with van der Waals surface area (Å²) in [5, 5.41) is 0. The highest BCUT2D eigenvalue weighted by molar-refractivity contribution is 5.94. The van der Waals surface area contributed by atoms with Crippen LogP contribution >= 0.6 is 0 Å². The minimum absolute atomic E-state index is 0.00861. The fraction of sp³-hybridized carbons (Fsp3) is 0.364. The number of primary amides is 1. The lowest BCUT2D eigenvalue weighted by atomic mass is 10.1. The summed E-state index contributed by atoms with van der Waals surface area (Å²) in [6.07, 6.45) is 1.41. The van der Waals surface area contributed by atoms with Crippen LogP contribution in [0.3, 0.4) is 0 Å². The molecular formula is C11H14N2O4. The second kappa shape index (κ2) is 5.83. The molecule has 1 rings (SSSR count). The molecule has 1 amide bonds. The normalized spacial score (nSPS) is 9.76. The van der Waals surface area contributed by atoms with E-state index in [4.69, 9.17) is 15.2 Å². The summed E-state index contributed by atoms with van der Waals surface area (Å²) >= 11 is 0. The van der Waals surface area contributed by atoms with Crippen LogP contribution in [0.25, 0.3) is 0 Å². The molecule has 0 spiro atoms. The molecule has 2 N–H and O–H groups in total. The van der Waals surface area contributed by atoms with Crippen molar-refractivity contribution in [2.45, 2.75) is 13.3 Å². The summed E-state index contributed by atoms with van der Waals surface area (Å²) in [5.74, 6) is -0.881. The van der Waals surface area contributed by atoms with E-state index in [0.29, 0.717) is 12.2 Å². The Bertz CT molecular complexity index is 431. The van der Waals surface area contributed by atoms with Gasteiger partial charge in [-0.05, 0) is 13.0 Å². The molecule has 1 aromatic heterocycles. The van der Waals surface area contributed by atoms with E-state index in [1.54, 1.807) is 13.0 Å². The molecule has 0 saturated heterocycles. The molecular weight excluding hydrogens is 224 g/mol. The summed E-state index contributed by atoms with van der Waals surface area (Å²) in [5.41, 5.74) is 5.68. The number of carbonyl (C=O) groups excluding carboxylic acids is 2. The first-order chi connectivity index (χ1) is 8.10. The number of ether oxygens (including phenoxy) is 2. The zero-order chi connectivity index (χ0) is 12.8. The van der Waals surface area contributed by atoms with Crippen LogP contribution in [0.1, 0.15) is 23.0 Å². The van der Waals surface area contributed by atoms with E-state index in [1.807, 2.05) is 0 Å². The number of hydrogen-bond donors (Lipinski definition) is 1. The predicted molar refractivity (Wildman–Crippen MR) is 59.6 cm³/mol. The van der Waals surface area contributed by atoms with Gasteiger partial charge in [0, 0.05) is 11.8 Å². The van der Waals surface area contributed by atoms with Crippen LogP contribution in [-0.2, 0) is 16.0 Å². The third kappa shape index (κ3) is 3.17. The van der Waals surface area contributed by atoms with Gasteiger partial charge >= 0.3 is 5.97 Å². The Balaban J connectivity index is 3.03. The van der Waals surface area contributed by atoms with Crippen molar-refractivity contribution in [3.63, 3.8) is 0 Å². The molecule has 92 valence electrons. The molecule has 0 fully saturated rings. The first kappa shape index (κ1) is 13.0. The summed E-state index contributed by atoms with van der Waals surface area (Å²) in [6, 6.07) is 1.59. The largest absolute Gasteiger partial charge is 0.494 e. The molecule has 0 radical (unpaired) electrons. The fourth-order valence-electron chi connectivity index (χ4n) is 1.40. The first-order valence-electron chi connectivity index (χ1n) is 5.07. The maximum atomic E-state index is 11.3. The molecule has 0 aliphatic heterocycles. The Hall–Kier alpha value is -2.11. The van der Waals surface area contributed by atoms with Crippen LogP contribution in [0.15, 0.2) is 12.3 Å². The Morgan fingerprint density at radius 3 is 2.71 bits per heavy atom. The summed E-state index contributed by atoms with van der Waals surface area (Å²) in [7, 11) is 1.39. The fourth-order valence-corrected chi connectivity index (χ4v) is 1.40. The topological polar surface area (TPSA) is 91.5 Å². The predicted octanol–water partition coefficient (Wildman–Crippen LogP) is 0.295. The number of amides is 1. The van der Waals surface area contributed by atoms with E-state index in [0.717, 1.165) is 0 Å². The molecule has 1 aromatic rings. The second-order valence-corrected chi connectivity index (χ2v) is 3.20. The number of aromatic nitrogens is 1. The SMILES string of the molecule is CCOC(=O)Cc1ccnc(C(N)=O)c1OC. The average molecular weight is 238 g/mol. The van der Waals surface area contributed by atoms with E-state index in [2.05, 4.69) is 4.98 Å². The van der Waals surface area contributed by atoms with Crippen LogP contribution in [0.2, 0.25) is 0 Å². The lowest BCUT2D eigenvalue weighted by molar-refractivity contribution is -0.142. The number of pyridine rings is 1. The maximum Gasteiger partial charge on any atom is 0.310 e. The van der Waals surface area contributed by atoms with Gasteiger partial charge in [0.1, 0.15) is 0 Å². The van der Waals surface area contributed by atoms with E-state index in [9.17, 15) is 9.59 Å². The lowest BCUT2D eigenvalue weighted by Crippen LogP contribution is -2.16. The third-order valence-corrected chi connectivity index (χ3v) is 2.06.